The number of pyridine rings is 2. The van der Waals surface area contributed by atoms with E-state index in [2.05, 4.69) is 48.6 Å². The monoisotopic (exact) mass is 583 g/mol. The van der Waals surface area contributed by atoms with Crippen LogP contribution in [0, 0.1) is 0 Å². The molecule has 4 rings (SSSR count). The summed E-state index contributed by atoms with van der Waals surface area (Å²) in [6, 6.07) is 17.5. The average molecular weight is 584 g/mol. The summed E-state index contributed by atoms with van der Waals surface area (Å²) in [5.41, 5.74) is 1.84. The van der Waals surface area contributed by atoms with Crippen molar-refractivity contribution in [1.29, 1.82) is 0 Å². The number of hydrogen-bond donors (Lipinski definition) is 1. The molecule has 4 aromatic rings. The Morgan fingerprint density at radius 3 is 1.66 bits per heavy atom. The molecule has 2 aromatic heterocycles. The van der Waals surface area contributed by atoms with Crippen LogP contribution in [0.2, 0.25) is 18.1 Å². The van der Waals surface area contributed by atoms with E-state index in [-0.39, 0.29) is 31.3 Å². The number of carbonyl (C=O) groups is 2. The summed E-state index contributed by atoms with van der Waals surface area (Å²) < 4.78 is 21.8. The van der Waals surface area contributed by atoms with Crippen molar-refractivity contribution in [2.24, 2.45) is 0 Å². The van der Waals surface area contributed by atoms with Gasteiger partial charge in [-0.15, -0.1) is 0 Å². The molecule has 0 amide bonds. The Morgan fingerprint density at radius 1 is 0.805 bits per heavy atom. The summed E-state index contributed by atoms with van der Waals surface area (Å²) in [7, 11) is 0.760. The molecular weight excluding hydrogens is 536 g/mol. The number of ether oxygens (including phenoxy) is 2. The molecule has 41 heavy (non-hydrogen) atoms. The van der Waals surface area contributed by atoms with E-state index in [9.17, 15) is 14.7 Å². The van der Waals surface area contributed by atoms with Crippen LogP contribution in [-0.2, 0) is 9.47 Å². The van der Waals surface area contributed by atoms with Crippen LogP contribution in [-0.4, -0.2) is 49.6 Å². The number of phenolic OH excluding ortho intramolecular Hbond substituents is 1. The highest BCUT2D eigenvalue weighted by Gasteiger charge is 2.39. The number of methoxy groups -OCH3 is 2. The summed E-state index contributed by atoms with van der Waals surface area (Å²) in [5.74, 6) is 0.00323. The van der Waals surface area contributed by atoms with Crippen LogP contribution >= 0.6 is 0 Å². The molecule has 9 heteroatoms. The lowest BCUT2D eigenvalue weighted by Gasteiger charge is -2.36. The first-order valence-corrected chi connectivity index (χ1v) is 15.3. The molecule has 224 valence electrons. The third kappa shape index (κ3) is 9.56. The summed E-state index contributed by atoms with van der Waals surface area (Å²) in [4.78, 5) is 31.2. The van der Waals surface area contributed by atoms with Crippen LogP contribution in [0.25, 0.3) is 21.8 Å². The number of nitrogens with zero attached hydrogens (tertiary/aromatic N) is 2. The minimum absolute atomic E-state index is 0. The van der Waals surface area contributed by atoms with Crippen LogP contribution in [0.5, 0.6) is 11.5 Å². The number of carbonyl (C=O) groups excluding carboxylic acids is 2. The normalized spacial score (nSPS) is 10.8. The predicted molar refractivity (Wildman–Crippen MR) is 170 cm³/mol. The maximum Gasteiger partial charge on any atom is 0.356 e. The van der Waals surface area contributed by atoms with E-state index in [0.717, 1.165) is 22.0 Å². The van der Waals surface area contributed by atoms with Gasteiger partial charge in [0.15, 0.2) is 0 Å². The molecule has 0 radical (unpaired) electrons. The minimum atomic E-state index is -1.89. The predicted octanol–water partition coefficient (Wildman–Crippen LogP) is 8.43. The summed E-state index contributed by atoms with van der Waals surface area (Å²) >= 11 is 0. The lowest BCUT2D eigenvalue weighted by atomic mass is 10.2. The Morgan fingerprint density at radius 2 is 1.22 bits per heavy atom. The highest BCUT2D eigenvalue weighted by Crippen LogP contribution is 2.37. The fourth-order valence-corrected chi connectivity index (χ4v) is 4.17. The second-order valence-electron chi connectivity index (χ2n) is 9.97. The number of phenols is 1. The molecular formula is C32H46N2O6Si. The van der Waals surface area contributed by atoms with Crippen molar-refractivity contribution in [3.05, 3.63) is 72.1 Å². The Hall–Kier alpha value is -3.98. The van der Waals surface area contributed by atoms with Crippen molar-refractivity contribution < 1.29 is 30.0 Å². The molecule has 0 aliphatic rings. The Balaban J connectivity index is 0.000000735. The van der Waals surface area contributed by atoms with E-state index in [4.69, 9.17) is 10.5 Å². The number of rotatable bonds is 4. The topological polar surface area (TPSA) is 108 Å². The molecule has 0 bridgehead atoms. The van der Waals surface area contributed by atoms with E-state index in [0.29, 0.717) is 18.1 Å². The zero-order chi connectivity index (χ0) is 30.1. The number of aromatic hydroxyl groups is 1. The lowest BCUT2D eigenvalue weighted by molar-refractivity contribution is 0.0586. The molecule has 0 aliphatic carbocycles. The van der Waals surface area contributed by atoms with Gasteiger partial charge in [-0.3, -0.25) is 0 Å². The van der Waals surface area contributed by atoms with Crippen LogP contribution in [0.4, 0.5) is 0 Å². The third-order valence-electron chi connectivity index (χ3n) is 6.31. The first-order valence-electron chi connectivity index (χ1n) is 13.1. The first-order chi connectivity index (χ1) is 18.8. The van der Waals surface area contributed by atoms with Gasteiger partial charge in [0.1, 0.15) is 22.9 Å². The van der Waals surface area contributed by atoms with Crippen molar-refractivity contribution >= 4 is 42.1 Å². The molecule has 0 saturated carbocycles. The van der Waals surface area contributed by atoms with Gasteiger partial charge in [-0.25, -0.2) is 19.6 Å². The van der Waals surface area contributed by atoms with E-state index < -0.39 is 20.3 Å². The molecule has 0 unspecified atom stereocenters. The SMILES string of the molecule is C.C.COC(=O)c1ccc2ccc(O)cc2n1.COC(=O)c1ccc2ccc(O[Si](C)(C)C(C)(C)C)cc2n1.[2H]CC. The fourth-order valence-electron chi connectivity index (χ4n) is 3.15. The fraction of sp³-hybridized carbons (Fsp3) is 0.375. The van der Waals surface area contributed by atoms with Gasteiger partial charge in [0, 0.05) is 24.3 Å². The van der Waals surface area contributed by atoms with Crippen LogP contribution in [0.15, 0.2) is 60.7 Å². The summed E-state index contributed by atoms with van der Waals surface area (Å²) in [6.07, 6.45) is 0. The highest BCUT2D eigenvalue weighted by atomic mass is 28.4. The first kappa shape index (κ1) is 35.0. The zero-order valence-electron chi connectivity index (χ0n) is 24.9. The highest BCUT2D eigenvalue weighted by molar-refractivity contribution is 6.74. The van der Waals surface area contributed by atoms with Gasteiger partial charge in [-0.2, -0.15) is 0 Å². The smallest absolute Gasteiger partial charge is 0.356 e. The molecule has 2 heterocycles. The van der Waals surface area contributed by atoms with Crippen LogP contribution in [0.1, 0.15) is 71.8 Å². The second-order valence-corrected chi connectivity index (χ2v) is 14.7. The van der Waals surface area contributed by atoms with Gasteiger partial charge in [0.2, 0.25) is 8.32 Å². The van der Waals surface area contributed by atoms with Crippen LogP contribution < -0.4 is 4.43 Å². The van der Waals surface area contributed by atoms with Crippen molar-refractivity contribution in [3.63, 3.8) is 0 Å². The van der Waals surface area contributed by atoms with E-state index in [1.54, 1.807) is 37.3 Å². The molecule has 0 atom stereocenters. The minimum Gasteiger partial charge on any atom is -0.543 e. The maximum absolute atomic E-state index is 11.6. The maximum atomic E-state index is 11.6. The van der Waals surface area contributed by atoms with Crippen LogP contribution in [0.3, 0.4) is 0 Å². The molecule has 0 spiro atoms. The number of fused-ring (bicyclic) bond motifs is 2. The summed E-state index contributed by atoms with van der Waals surface area (Å²) in [5, 5.41) is 11.2. The van der Waals surface area contributed by atoms with Crippen molar-refractivity contribution in [3.8, 4) is 11.5 Å². The Bertz CT molecular complexity index is 1470. The van der Waals surface area contributed by atoms with E-state index >= 15 is 0 Å². The molecule has 0 saturated heterocycles. The van der Waals surface area contributed by atoms with E-state index in [1.165, 1.54) is 20.3 Å². The number of aromatic nitrogens is 2. The Labute approximate surface area is 247 Å². The molecule has 1 N–H and O–H groups in total. The number of hydrogen-bond acceptors (Lipinski definition) is 8. The number of benzene rings is 2. The zero-order valence-corrected chi connectivity index (χ0v) is 24.9. The molecule has 2 aromatic carbocycles. The number of esters is 2. The second kappa shape index (κ2) is 15.7. The van der Waals surface area contributed by atoms with Gasteiger partial charge in [-0.05, 0) is 54.5 Å². The van der Waals surface area contributed by atoms with Gasteiger partial charge in [-0.1, -0.05) is 61.6 Å². The molecule has 8 nitrogen and oxygen atoms in total. The molecule has 0 fully saturated rings. The van der Waals surface area contributed by atoms with Crippen molar-refractivity contribution in [2.45, 2.75) is 67.6 Å². The Kier molecular flexibility index (Phi) is 13.4. The average Bonchev–Trinajstić information content (AvgIpc) is 2.91. The van der Waals surface area contributed by atoms with Crippen molar-refractivity contribution in [1.82, 2.24) is 9.97 Å². The quantitative estimate of drug-likeness (QED) is 0.188. The standard InChI is InChI=1S/C17H23NO3Si.C11H9NO3.C2H6.2CH4/c1-17(2,3)22(5,6)21-13-9-7-12-8-10-14(16(19)20-4)18-15(12)11-13;1-15-11(14)9-5-3-7-2-4-8(13)6-10(7)12-9;1-2;;/h7-11H,1-6H3;2-6,13H,1H3;1-2H3;2*1H4/i;;1D;;. The largest absolute Gasteiger partial charge is 0.543 e. The van der Waals surface area contributed by atoms with E-state index in [1.807, 2.05) is 24.3 Å². The van der Waals surface area contributed by atoms with Gasteiger partial charge in [0.05, 0.1) is 25.3 Å². The lowest BCUT2D eigenvalue weighted by Crippen LogP contribution is -2.43. The summed E-state index contributed by atoms with van der Waals surface area (Å²) in [6.45, 7) is 13.3. The van der Waals surface area contributed by atoms with Gasteiger partial charge < -0.3 is 19.0 Å². The third-order valence-corrected chi connectivity index (χ3v) is 10.7. The van der Waals surface area contributed by atoms with Crippen molar-refractivity contribution in [2.75, 3.05) is 14.2 Å². The van der Waals surface area contributed by atoms with Gasteiger partial charge in [0.25, 0.3) is 0 Å². The van der Waals surface area contributed by atoms with Gasteiger partial charge >= 0.3 is 11.9 Å². The molecule has 0 aliphatic heterocycles.